The van der Waals surface area contributed by atoms with Crippen LogP contribution in [0.15, 0.2) is 0 Å². The zero-order chi connectivity index (χ0) is 20.9. The zero-order valence-electron chi connectivity index (χ0n) is 19.7. The van der Waals surface area contributed by atoms with Gasteiger partial charge in [-0.25, -0.2) is 0 Å². The van der Waals surface area contributed by atoms with Crippen molar-refractivity contribution in [2.24, 2.45) is 52.3 Å². The van der Waals surface area contributed by atoms with Gasteiger partial charge in [0.05, 0.1) is 18.8 Å². The molecule has 4 unspecified atom stereocenters. The van der Waals surface area contributed by atoms with Crippen LogP contribution in [-0.2, 0) is 9.47 Å². The van der Waals surface area contributed by atoms with E-state index in [9.17, 15) is 5.11 Å². The van der Waals surface area contributed by atoms with Gasteiger partial charge >= 0.3 is 0 Å². The summed E-state index contributed by atoms with van der Waals surface area (Å²) in [6, 6.07) is 0. The van der Waals surface area contributed by atoms with E-state index in [1.54, 1.807) is 0 Å². The Morgan fingerprint density at radius 3 is 2.40 bits per heavy atom. The molecule has 30 heavy (non-hydrogen) atoms. The average Bonchev–Trinajstić information content (AvgIpc) is 3.16. The van der Waals surface area contributed by atoms with Gasteiger partial charge in [0.1, 0.15) is 0 Å². The average molecular weight is 417 g/mol. The number of fused-ring (bicyclic) bond motifs is 7. The van der Waals surface area contributed by atoms with Gasteiger partial charge < -0.3 is 14.6 Å². The molecule has 0 bridgehead atoms. The predicted octanol–water partition coefficient (Wildman–Crippen LogP) is 5.79. The fraction of sp³-hybridized carbons (Fsp3) is 1.00. The molecule has 4 saturated carbocycles. The van der Waals surface area contributed by atoms with Gasteiger partial charge in [0.15, 0.2) is 5.79 Å². The topological polar surface area (TPSA) is 38.7 Å². The maximum Gasteiger partial charge on any atom is 0.171 e. The first-order valence-corrected chi connectivity index (χ1v) is 13.3. The Balaban J connectivity index is 1.26. The second-order valence-corrected chi connectivity index (χ2v) is 13.1. The van der Waals surface area contributed by atoms with E-state index in [1.165, 1.54) is 44.9 Å². The van der Waals surface area contributed by atoms with Crippen LogP contribution < -0.4 is 0 Å². The maximum atomic E-state index is 10.3. The van der Waals surface area contributed by atoms with E-state index < -0.39 is 0 Å². The van der Waals surface area contributed by atoms with Gasteiger partial charge in [0.25, 0.3) is 0 Å². The van der Waals surface area contributed by atoms with Crippen LogP contribution in [0.2, 0.25) is 0 Å². The Kier molecular flexibility index (Phi) is 4.58. The molecule has 0 aromatic rings. The van der Waals surface area contributed by atoms with E-state index in [1.807, 2.05) is 0 Å². The fourth-order valence-corrected chi connectivity index (χ4v) is 10.3. The summed E-state index contributed by atoms with van der Waals surface area (Å²) in [7, 11) is 0. The molecule has 0 aromatic carbocycles. The number of aliphatic hydroxyl groups is 1. The van der Waals surface area contributed by atoms with Crippen molar-refractivity contribution in [3.63, 3.8) is 0 Å². The van der Waals surface area contributed by atoms with Crippen LogP contribution in [0.3, 0.4) is 0 Å². The van der Waals surface area contributed by atoms with Crippen LogP contribution in [0.5, 0.6) is 0 Å². The summed E-state index contributed by atoms with van der Waals surface area (Å²) in [6.07, 6.45) is 12.9. The number of rotatable bonds is 0. The Morgan fingerprint density at radius 1 is 0.833 bits per heavy atom. The lowest BCUT2D eigenvalue weighted by Gasteiger charge is -2.61. The summed E-state index contributed by atoms with van der Waals surface area (Å²) in [5.74, 6) is 4.93. The molecule has 2 aliphatic heterocycles. The highest BCUT2D eigenvalue weighted by Gasteiger charge is 2.69. The molecule has 1 spiro atoms. The highest BCUT2D eigenvalue weighted by Crippen LogP contribution is 2.71. The molecule has 2 heterocycles. The smallest absolute Gasteiger partial charge is 0.171 e. The van der Waals surface area contributed by atoms with Crippen LogP contribution in [0.25, 0.3) is 0 Å². The molecule has 12 atom stereocenters. The largest absolute Gasteiger partial charge is 0.393 e. The molecular formula is C27H44O3. The van der Waals surface area contributed by atoms with Crippen molar-refractivity contribution >= 4 is 0 Å². The molecule has 0 aromatic heterocycles. The van der Waals surface area contributed by atoms with Crippen LogP contribution in [-0.4, -0.2) is 29.7 Å². The predicted molar refractivity (Wildman–Crippen MR) is 118 cm³/mol. The lowest BCUT2D eigenvalue weighted by Crippen LogP contribution is -2.55. The van der Waals surface area contributed by atoms with Crippen molar-refractivity contribution in [3.8, 4) is 0 Å². The molecule has 170 valence electrons. The highest BCUT2D eigenvalue weighted by molar-refractivity contribution is 5.15. The Labute approximate surface area is 183 Å². The van der Waals surface area contributed by atoms with Gasteiger partial charge in [-0.05, 0) is 104 Å². The summed E-state index contributed by atoms with van der Waals surface area (Å²) in [6.45, 7) is 10.9. The van der Waals surface area contributed by atoms with E-state index in [0.717, 1.165) is 49.5 Å². The lowest BCUT2D eigenvalue weighted by molar-refractivity contribution is -0.273. The van der Waals surface area contributed by atoms with Gasteiger partial charge in [-0.1, -0.05) is 27.7 Å². The zero-order valence-corrected chi connectivity index (χ0v) is 19.7. The van der Waals surface area contributed by atoms with Gasteiger partial charge in [-0.15, -0.1) is 0 Å². The van der Waals surface area contributed by atoms with E-state index >= 15 is 0 Å². The van der Waals surface area contributed by atoms with Crippen LogP contribution in [0.4, 0.5) is 0 Å². The second kappa shape index (κ2) is 6.70. The molecule has 0 radical (unpaired) electrons. The molecule has 6 aliphatic rings. The molecule has 4 aliphatic carbocycles. The van der Waals surface area contributed by atoms with Gasteiger partial charge in [-0.2, -0.15) is 0 Å². The third-order valence-electron chi connectivity index (χ3n) is 11.9. The maximum absolute atomic E-state index is 10.3. The standard InChI is InChI=1S/C27H44O3/c1-16-7-12-27(29-15-16)17(2)24-23(30-27)14-22-20-6-5-18-13-19(28)8-10-25(18,3)21(20)9-11-26(22,24)4/h16-24,28H,5-15H2,1-4H3/t16-,17?,18+,19-,20?,21?,22-,23-,24?,25-,26-,27+/m0/s1. The van der Waals surface area contributed by atoms with Crippen molar-refractivity contribution in [1.29, 1.82) is 0 Å². The molecule has 0 amide bonds. The van der Waals surface area contributed by atoms with E-state index in [2.05, 4.69) is 27.7 Å². The molecule has 1 N–H and O–H groups in total. The Bertz CT molecular complexity index is 684. The first-order valence-electron chi connectivity index (χ1n) is 13.3. The van der Waals surface area contributed by atoms with Crippen LogP contribution in [0.1, 0.15) is 91.9 Å². The Morgan fingerprint density at radius 2 is 1.63 bits per heavy atom. The van der Waals surface area contributed by atoms with Crippen molar-refractivity contribution in [3.05, 3.63) is 0 Å². The number of aliphatic hydroxyl groups excluding tert-OH is 1. The van der Waals surface area contributed by atoms with Crippen molar-refractivity contribution < 1.29 is 14.6 Å². The minimum atomic E-state index is -0.282. The number of hydrogen-bond donors (Lipinski definition) is 1. The summed E-state index contributed by atoms with van der Waals surface area (Å²) in [5, 5.41) is 10.3. The molecule has 3 nitrogen and oxygen atoms in total. The van der Waals surface area contributed by atoms with E-state index in [-0.39, 0.29) is 11.9 Å². The first kappa shape index (κ1) is 20.5. The van der Waals surface area contributed by atoms with Crippen molar-refractivity contribution in [2.45, 2.75) is 110 Å². The highest BCUT2D eigenvalue weighted by atomic mass is 16.7. The van der Waals surface area contributed by atoms with Gasteiger partial charge in [0.2, 0.25) is 0 Å². The summed E-state index contributed by atoms with van der Waals surface area (Å²) < 4.78 is 13.4. The van der Waals surface area contributed by atoms with E-state index in [0.29, 0.717) is 34.7 Å². The SMILES string of the molecule is CC1C2[C@H](C[C@H]3C4CC[C@@H]5C[C@@H](O)CC[C@]5(C)C4CC[C@]23C)O[C@]12CC[C@H](C)CO2. The minimum absolute atomic E-state index is 0.0389. The molecule has 6 rings (SSSR count). The molecule has 3 heteroatoms. The minimum Gasteiger partial charge on any atom is -0.393 e. The second-order valence-electron chi connectivity index (χ2n) is 13.1. The summed E-state index contributed by atoms with van der Waals surface area (Å²) in [5.41, 5.74) is 0.899. The monoisotopic (exact) mass is 416 g/mol. The quantitative estimate of drug-likeness (QED) is 0.543. The molecule has 6 fully saturated rings. The number of hydrogen-bond acceptors (Lipinski definition) is 3. The lowest BCUT2D eigenvalue weighted by atomic mass is 9.44. The van der Waals surface area contributed by atoms with Gasteiger partial charge in [-0.3, -0.25) is 0 Å². The summed E-state index contributed by atoms with van der Waals surface area (Å²) >= 11 is 0. The van der Waals surface area contributed by atoms with Crippen LogP contribution >= 0.6 is 0 Å². The fourth-order valence-electron chi connectivity index (χ4n) is 10.3. The van der Waals surface area contributed by atoms with E-state index in [4.69, 9.17) is 9.47 Å². The number of ether oxygens (including phenoxy) is 2. The van der Waals surface area contributed by atoms with Crippen LogP contribution in [0, 0.1) is 52.3 Å². The Hall–Kier alpha value is -0.120. The molecular weight excluding hydrogens is 372 g/mol. The third-order valence-corrected chi connectivity index (χ3v) is 11.9. The normalized spacial score (nSPS) is 62.5. The molecule has 2 saturated heterocycles. The summed E-state index contributed by atoms with van der Waals surface area (Å²) in [4.78, 5) is 0. The van der Waals surface area contributed by atoms with Gasteiger partial charge in [0, 0.05) is 12.3 Å². The van der Waals surface area contributed by atoms with Crippen molar-refractivity contribution in [1.82, 2.24) is 0 Å². The first-order chi connectivity index (χ1) is 14.3. The third kappa shape index (κ3) is 2.61. The van der Waals surface area contributed by atoms with Crippen molar-refractivity contribution in [2.75, 3.05) is 6.61 Å².